The van der Waals surface area contributed by atoms with Gasteiger partial charge in [0.2, 0.25) is 0 Å². The van der Waals surface area contributed by atoms with Crippen molar-refractivity contribution in [3.05, 3.63) is 126 Å². The van der Waals surface area contributed by atoms with Crippen molar-refractivity contribution < 1.29 is 14.3 Å². The first-order valence-corrected chi connectivity index (χ1v) is 13.5. The van der Waals surface area contributed by atoms with E-state index in [0.717, 1.165) is 32.2 Å². The maximum Gasteiger partial charge on any atom is 0.322 e. The molecule has 1 unspecified atom stereocenters. The summed E-state index contributed by atoms with van der Waals surface area (Å²) in [6, 6.07) is 35.5. The second-order valence-electron chi connectivity index (χ2n) is 8.89. The molecule has 0 heterocycles. The fourth-order valence-corrected chi connectivity index (χ4v) is 5.01. The molecule has 0 spiro atoms. The second-order valence-corrected chi connectivity index (χ2v) is 10.0. The smallest absolute Gasteiger partial charge is 0.322 e. The lowest BCUT2D eigenvalue weighted by Gasteiger charge is -2.30. The predicted molar refractivity (Wildman–Crippen MR) is 153 cm³/mol. The van der Waals surface area contributed by atoms with Crippen LogP contribution in [0.5, 0.6) is 0 Å². The lowest BCUT2D eigenvalue weighted by atomic mass is 10.1. The van der Waals surface area contributed by atoms with Crippen LogP contribution in [-0.2, 0) is 22.5 Å². The van der Waals surface area contributed by atoms with Crippen LogP contribution in [0.15, 0.2) is 119 Å². The maximum atomic E-state index is 13.5. The molecule has 2 amide bonds. The van der Waals surface area contributed by atoms with Gasteiger partial charge in [-0.25, -0.2) is 4.79 Å². The van der Waals surface area contributed by atoms with Crippen molar-refractivity contribution >= 4 is 29.4 Å². The standard InChI is InChI=1S/C32H32N2O3S/c1-3-37-31(35)22-26-13-10-16-30(21-26)38-29-19-17-28(18-20-29)33-32(36)34(23-25-11-6-4-7-12-25)24(2)27-14-8-5-9-15-27/h4-21,24H,3,22-23H2,1-2H3,(H,33,36). The van der Waals surface area contributed by atoms with Crippen molar-refractivity contribution in [3.8, 4) is 0 Å². The quantitative estimate of drug-likeness (QED) is 0.216. The molecule has 5 nitrogen and oxygen atoms in total. The van der Waals surface area contributed by atoms with E-state index in [4.69, 9.17) is 4.74 Å². The van der Waals surface area contributed by atoms with E-state index in [1.54, 1.807) is 18.7 Å². The summed E-state index contributed by atoms with van der Waals surface area (Å²) in [7, 11) is 0. The zero-order chi connectivity index (χ0) is 26.7. The maximum absolute atomic E-state index is 13.5. The van der Waals surface area contributed by atoms with Crippen molar-refractivity contribution in [2.45, 2.75) is 42.6 Å². The molecule has 4 rings (SSSR count). The Morgan fingerprint density at radius 2 is 1.47 bits per heavy atom. The largest absolute Gasteiger partial charge is 0.466 e. The van der Waals surface area contributed by atoms with Gasteiger partial charge in [-0.3, -0.25) is 4.79 Å². The Labute approximate surface area is 228 Å². The van der Waals surface area contributed by atoms with E-state index >= 15 is 0 Å². The number of hydrogen-bond acceptors (Lipinski definition) is 4. The van der Waals surface area contributed by atoms with Gasteiger partial charge in [0, 0.05) is 22.0 Å². The van der Waals surface area contributed by atoms with Crippen LogP contribution in [0.1, 0.15) is 36.6 Å². The van der Waals surface area contributed by atoms with Crippen LogP contribution in [0.2, 0.25) is 0 Å². The molecule has 1 atom stereocenters. The molecule has 0 saturated heterocycles. The first-order valence-electron chi connectivity index (χ1n) is 12.7. The molecule has 0 saturated carbocycles. The monoisotopic (exact) mass is 524 g/mol. The Morgan fingerprint density at radius 1 is 0.816 bits per heavy atom. The highest BCUT2D eigenvalue weighted by Crippen LogP contribution is 2.30. The average Bonchev–Trinajstić information content (AvgIpc) is 2.94. The minimum Gasteiger partial charge on any atom is -0.466 e. The van der Waals surface area contributed by atoms with Crippen LogP contribution in [-0.4, -0.2) is 23.5 Å². The number of carbonyl (C=O) groups is 2. The summed E-state index contributed by atoms with van der Waals surface area (Å²) in [5.74, 6) is -0.224. The second kappa shape index (κ2) is 13.5. The third-order valence-electron chi connectivity index (χ3n) is 6.10. The molecule has 0 aliphatic heterocycles. The number of nitrogens with zero attached hydrogens (tertiary/aromatic N) is 1. The summed E-state index contributed by atoms with van der Waals surface area (Å²) >= 11 is 1.60. The van der Waals surface area contributed by atoms with Gasteiger partial charge in [-0.05, 0) is 66.9 Å². The minimum absolute atomic E-state index is 0.104. The number of urea groups is 1. The van der Waals surface area contributed by atoms with Gasteiger partial charge >= 0.3 is 12.0 Å². The predicted octanol–water partition coefficient (Wildman–Crippen LogP) is 7.74. The Morgan fingerprint density at radius 3 is 2.16 bits per heavy atom. The van der Waals surface area contributed by atoms with Gasteiger partial charge in [0.15, 0.2) is 0 Å². The van der Waals surface area contributed by atoms with Crippen molar-refractivity contribution in [1.29, 1.82) is 0 Å². The number of hydrogen-bond donors (Lipinski definition) is 1. The normalized spacial score (nSPS) is 11.4. The summed E-state index contributed by atoms with van der Waals surface area (Å²) in [5.41, 5.74) is 3.80. The third kappa shape index (κ3) is 7.73. The molecular weight excluding hydrogens is 492 g/mol. The highest BCUT2D eigenvalue weighted by Gasteiger charge is 2.22. The van der Waals surface area contributed by atoms with E-state index < -0.39 is 0 Å². The lowest BCUT2D eigenvalue weighted by molar-refractivity contribution is -0.142. The van der Waals surface area contributed by atoms with Gasteiger partial charge < -0.3 is 15.0 Å². The number of nitrogens with one attached hydrogen (secondary N) is 1. The van der Waals surface area contributed by atoms with Crippen LogP contribution in [0.4, 0.5) is 10.5 Å². The van der Waals surface area contributed by atoms with Crippen molar-refractivity contribution in [2.75, 3.05) is 11.9 Å². The molecule has 38 heavy (non-hydrogen) atoms. The average molecular weight is 525 g/mol. The topological polar surface area (TPSA) is 58.6 Å². The first kappa shape index (κ1) is 27.0. The SMILES string of the molecule is CCOC(=O)Cc1cccc(Sc2ccc(NC(=O)N(Cc3ccccc3)C(C)c3ccccc3)cc2)c1. The third-order valence-corrected chi connectivity index (χ3v) is 7.10. The van der Waals surface area contributed by atoms with Gasteiger partial charge in [0.25, 0.3) is 0 Å². The summed E-state index contributed by atoms with van der Waals surface area (Å²) in [6.07, 6.45) is 0.258. The van der Waals surface area contributed by atoms with E-state index in [-0.39, 0.29) is 24.5 Å². The van der Waals surface area contributed by atoms with Gasteiger partial charge in [-0.15, -0.1) is 0 Å². The zero-order valence-corrected chi connectivity index (χ0v) is 22.5. The highest BCUT2D eigenvalue weighted by atomic mass is 32.2. The highest BCUT2D eigenvalue weighted by molar-refractivity contribution is 7.99. The Balaban J connectivity index is 1.43. The molecule has 0 aliphatic carbocycles. The van der Waals surface area contributed by atoms with E-state index in [0.29, 0.717) is 13.2 Å². The fourth-order valence-electron chi connectivity index (χ4n) is 4.11. The van der Waals surface area contributed by atoms with Crippen LogP contribution in [0.3, 0.4) is 0 Å². The molecule has 194 valence electrons. The molecule has 1 N–H and O–H groups in total. The molecular formula is C32H32N2O3S. The molecule has 0 bridgehead atoms. The number of rotatable bonds is 10. The van der Waals surface area contributed by atoms with Crippen molar-refractivity contribution in [3.63, 3.8) is 0 Å². The molecule has 0 aromatic heterocycles. The molecule has 0 aliphatic rings. The number of esters is 1. The van der Waals surface area contributed by atoms with E-state index in [9.17, 15) is 9.59 Å². The van der Waals surface area contributed by atoms with E-state index in [2.05, 4.69) is 5.32 Å². The van der Waals surface area contributed by atoms with Crippen LogP contribution in [0.25, 0.3) is 0 Å². The van der Waals surface area contributed by atoms with Crippen molar-refractivity contribution in [2.24, 2.45) is 0 Å². The molecule has 0 fully saturated rings. The first-order chi connectivity index (χ1) is 18.5. The Hall–Kier alpha value is -4.03. The minimum atomic E-state index is -0.224. The summed E-state index contributed by atoms with van der Waals surface area (Å²) in [6.45, 7) is 4.73. The van der Waals surface area contributed by atoms with Crippen LogP contribution in [0, 0.1) is 0 Å². The van der Waals surface area contributed by atoms with Gasteiger partial charge in [0.1, 0.15) is 0 Å². The van der Waals surface area contributed by atoms with E-state index in [1.165, 1.54) is 0 Å². The number of carbonyl (C=O) groups excluding carboxylic acids is 2. The molecule has 4 aromatic rings. The van der Waals surface area contributed by atoms with E-state index in [1.807, 2.05) is 121 Å². The van der Waals surface area contributed by atoms with Gasteiger partial charge in [0.05, 0.1) is 19.1 Å². The Kier molecular flexibility index (Phi) is 9.59. The summed E-state index contributed by atoms with van der Waals surface area (Å²) in [4.78, 5) is 29.2. The number of ether oxygens (including phenoxy) is 1. The lowest BCUT2D eigenvalue weighted by Crippen LogP contribution is -2.36. The fraction of sp³-hybridized carbons (Fsp3) is 0.188. The molecule has 6 heteroatoms. The zero-order valence-electron chi connectivity index (χ0n) is 21.7. The van der Waals surface area contributed by atoms with Crippen LogP contribution < -0.4 is 5.32 Å². The number of benzene rings is 4. The summed E-state index contributed by atoms with van der Waals surface area (Å²) in [5, 5.41) is 3.07. The summed E-state index contributed by atoms with van der Waals surface area (Å²) < 4.78 is 5.05. The molecule has 0 radical (unpaired) electrons. The van der Waals surface area contributed by atoms with Gasteiger partial charge in [-0.2, -0.15) is 0 Å². The Bertz CT molecular complexity index is 1330. The number of amides is 2. The number of anilines is 1. The van der Waals surface area contributed by atoms with Crippen molar-refractivity contribution in [1.82, 2.24) is 4.90 Å². The van der Waals surface area contributed by atoms with Gasteiger partial charge in [-0.1, -0.05) is 84.6 Å². The molecule has 4 aromatic carbocycles. The van der Waals surface area contributed by atoms with Crippen LogP contribution >= 0.6 is 11.8 Å².